The molecule has 0 atom stereocenters. The molecule has 1 saturated heterocycles. The van der Waals surface area contributed by atoms with Crippen molar-refractivity contribution in [2.24, 2.45) is 0 Å². The van der Waals surface area contributed by atoms with E-state index in [1.165, 1.54) is 25.9 Å². The molecule has 0 aliphatic carbocycles. The fraction of sp³-hybridized carbons (Fsp3) is 0.286. The van der Waals surface area contributed by atoms with Crippen molar-refractivity contribution < 1.29 is 4.74 Å². The molecule has 1 fully saturated rings. The number of rotatable bonds is 6. The van der Waals surface area contributed by atoms with Gasteiger partial charge < -0.3 is 9.64 Å². The summed E-state index contributed by atoms with van der Waals surface area (Å²) in [7, 11) is 0. The number of fused-ring (bicyclic) bond motifs is 1. The highest BCUT2D eigenvalue weighted by atomic mass is 16.5. The number of aromatic amines is 1. The van der Waals surface area contributed by atoms with Gasteiger partial charge >= 0.3 is 0 Å². The minimum absolute atomic E-state index is 0.559. The van der Waals surface area contributed by atoms with Gasteiger partial charge in [0, 0.05) is 36.0 Å². The van der Waals surface area contributed by atoms with E-state index in [1.54, 1.807) is 12.4 Å². The Kier molecular flexibility index (Phi) is 4.50. The third-order valence-corrected chi connectivity index (χ3v) is 5.21. The zero-order chi connectivity index (χ0) is 18.8. The summed E-state index contributed by atoms with van der Waals surface area (Å²) in [6, 6.07) is 11.8. The summed E-state index contributed by atoms with van der Waals surface area (Å²) in [5.74, 6) is 1.32. The number of ether oxygens (including phenoxy) is 1. The number of hydrogen-bond acceptors (Lipinski definition) is 5. The van der Waals surface area contributed by atoms with Gasteiger partial charge in [0.2, 0.25) is 5.88 Å². The lowest BCUT2D eigenvalue weighted by molar-refractivity contribution is 0.318. The molecular weight excluding hydrogens is 352 g/mol. The predicted molar refractivity (Wildman–Crippen MR) is 107 cm³/mol. The van der Waals surface area contributed by atoms with Crippen LogP contribution in [0.15, 0.2) is 55.0 Å². The van der Waals surface area contributed by atoms with E-state index in [0.717, 1.165) is 41.0 Å². The summed E-state index contributed by atoms with van der Waals surface area (Å²) >= 11 is 0. The minimum Gasteiger partial charge on any atom is -0.439 e. The summed E-state index contributed by atoms with van der Waals surface area (Å²) in [6.45, 7) is 4.40. The highest BCUT2D eigenvalue weighted by Gasteiger charge is 2.12. The normalized spacial score (nSPS) is 14.7. The monoisotopic (exact) mass is 374 g/mol. The molecule has 0 spiro atoms. The van der Waals surface area contributed by atoms with Crippen LogP contribution in [0, 0.1) is 0 Å². The molecule has 1 N–H and O–H groups in total. The molecular formula is C21H22N6O. The Bertz CT molecular complexity index is 1050. The standard InChI is InChI=1S/C21H22N6O/c1-2-10-26(9-1)11-12-27-20-5-4-18(13-17(20)15-24-27)28-21-6-3-16(14-22-21)19-7-8-23-25-19/h3-8,13-15H,1-2,9-12H2,(H,23,25). The van der Waals surface area contributed by atoms with Gasteiger partial charge in [-0.15, -0.1) is 0 Å². The van der Waals surface area contributed by atoms with E-state index < -0.39 is 0 Å². The smallest absolute Gasteiger partial charge is 0.219 e. The van der Waals surface area contributed by atoms with Crippen LogP contribution in [0.2, 0.25) is 0 Å². The predicted octanol–water partition coefficient (Wildman–Crippen LogP) is 3.71. The molecule has 0 amide bonds. The molecule has 1 aliphatic rings. The van der Waals surface area contributed by atoms with E-state index in [2.05, 4.69) is 35.9 Å². The molecule has 7 heteroatoms. The lowest BCUT2D eigenvalue weighted by atomic mass is 10.2. The molecule has 142 valence electrons. The number of nitrogens with zero attached hydrogens (tertiary/aromatic N) is 5. The Morgan fingerprint density at radius 2 is 1.93 bits per heavy atom. The van der Waals surface area contributed by atoms with Gasteiger partial charge in [0.05, 0.1) is 24.0 Å². The number of likely N-dealkylation sites (tertiary alicyclic amines) is 1. The van der Waals surface area contributed by atoms with Gasteiger partial charge in [0.15, 0.2) is 0 Å². The maximum absolute atomic E-state index is 5.93. The quantitative estimate of drug-likeness (QED) is 0.557. The van der Waals surface area contributed by atoms with E-state index in [1.807, 2.05) is 36.5 Å². The molecule has 0 unspecified atom stereocenters. The molecule has 4 heterocycles. The fourth-order valence-corrected chi connectivity index (χ4v) is 3.69. The Hall–Kier alpha value is -3.19. The summed E-state index contributed by atoms with van der Waals surface area (Å²) < 4.78 is 8.01. The van der Waals surface area contributed by atoms with Crippen LogP contribution < -0.4 is 4.74 Å². The second-order valence-corrected chi connectivity index (χ2v) is 7.09. The highest BCUT2D eigenvalue weighted by Crippen LogP contribution is 2.26. The van der Waals surface area contributed by atoms with Crippen molar-refractivity contribution in [3.63, 3.8) is 0 Å². The Morgan fingerprint density at radius 1 is 1.00 bits per heavy atom. The zero-order valence-electron chi connectivity index (χ0n) is 15.6. The van der Waals surface area contributed by atoms with E-state index in [4.69, 9.17) is 4.74 Å². The van der Waals surface area contributed by atoms with Gasteiger partial charge in [-0.3, -0.25) is 9.78 Å². The maximum atomic E-state index is 5.93. The van der Waals surface area contributed by atoms with Crippen LogP contribution in [0.4, 0.5) is 0 Å². The van der Waals surface area contributed by atoms with E-state index in [9.17, 15) is 0 Å². The van der Waals surface area contributed by atoms with Crippen molar-refractivity contribution >= 4 is 10.9 Å². The third kappa shape index (κ3) is 3.48. The Labute approximate surface area is 163 Å². The molecule has 3 aromatic heterocycles. The van der Waals surface area contributed by atoms with E-state index in [0.29, 0.717) is 5.88 Å². The summed E-state index contributed by atoms with van der Waals surface area (Å²) in [6.07, 6.45) is 8.04. The molecule has 0 radical (unpaired) electrons. The lowest BCUT2D eigenvalue weighted by Gasteiger charge is -2.14. The molecule has 7 nitrogen and oxygen atoms in total. The Morgan fingerprint density at radius 3 is 2.71 bits per heavy atom. The summed E-state index contributed by atoms with van der Waals surface area (Å²) in [5, 5.41) is 12.5. The van der Waals surface area contributed by atoms with Crippen LogP contribution >= 0.6 is 0 Å². The van der Waals surface area contributed by atoms with Gasteiger partial charge in [-0.1, -0.05) is 0 Å². The fourth-order valence-electron chi connectivity index (χ4n) is 3.69. The first-order chi connectivity index (χ1) is 13.8. The average molecular weight is 374 g/mol. The summed E-state index contributed by atoms with van der Waals surface area (Å²) in [4.78, 5) is 6.90. The third-order valence-electron chi connectivity index (χ3n) is 5.21. The SMILES string of the molecule is c1cc(-c2ccc(Oc3ccc4c(cnn4CCN4CCCC4)c3)nc2)[nH]n1. The zero-order valence-corrected chi connectivity index (χ0v) is 15.6. The second kappa shape index (κ2) is 7.44. The first kappa shape index (κ1) is 16.9. The van der Waals surface area contributed by atoms with Gasteiger partial charge in [0.25, 0.3) is 0 Å². The number of aromatic nitrogens is 5. The average Bonchev–Trinajstić information content (AvgIpc) is 3.48. The van der Waals surface area contributed by atoms with E-state index >= 15 is 0 Å². The number of pyridine rings is 1. The van der Waals surface area contributed by atoms with Crippen molar-refractivity contribution in [3.8, 4) is 22.9 Å². The van der Waals surface area contributed by atoms with Crippen LogP contribution in [-0.2, 0) is 6.54 Å². The van der Waals surface area contributed by atoms with Crippen molar-refractivity contribution in [2.45, 2.75) is 19.4 Å². The highest BCUT2D eigenvalue weighted by molar-refractivity contribution is 5.80. The molecule has 0 bridgehead atoms. The molecule has 1 aliphatic heterocycles. The largest absolute Gasteiger partial charge is 0.439 e. The second-order valence-electron chi connectivity index (χ2n) is 7.09. The molecule has 28 heavy (non-hydrogen) atoms. The van der Waals surface area contributed by atoms with Crippen LogP contribution in [0.3, 0.4) is 0 Å². The lowest BCUT2D eigenvalue weighted by Crippen LogP contribution is -2.24. The van der Waals surface area contributed by atoms with Gasteiger partial charge in [-0.05, 0) is 56.3 Å². The first-order valence-corrected chi connectivity index (χ1v) is 9.67. The molecule has 4 aromatic rings. The van der Waals surface area contributed by atoms with Crippen molar-refractivity contribution in [2.75, 3.05) is 19.6 Å². The Balaban J connectivity index is 1.28. The number of H-pyrrole nitrogens is 1. The van der Waals surface area contributed by atoms with Gasteiger partial charge in [-0.25, -0.2) is 4.98 Å². The molecule has 1 aromatic carbocycles. The molecule has 0 saturated carbocycles. The van der Waals surface area contributed by atoms with Crippen LogP contribution in [0.1, 0.15) is 12.8 Å². The van der Waals surface area contributed by atoms with Crippen molar-refractivity contribution in [3.05, 3.63) is 55.0 Å². The van der Waals surface area contributed by atoms with Crippen molar-refractivity contribution in [1.29, 1.82) is 0 Å². The topological polar surface area (TPSA) is 71.9 Å². The maximum Gasteiger partial charge on any atom is 0.219 e. The van der Waals surface area contributed by atoms with Crippen LogP contribution in [0.5, 0.6) is 11.6 Å². The minimum atomic E-state index is 0.559. The van der Waals surface area contributed by atoms with E-state index in [-0.39, 0.29) is 0 Å². The van der Waals surface area contributed by atoms with Gasteiger partial charge in [0.1, 0.15) is 5.75 Å². The number of nitrogens with one attached hydrogen (secondary N) is 1. The van der Waals surface area contributed by atoms with Crippen LogP contribution in [0.25, 0.3) is 22.2 Å². The van der Waals surface area contributed by atoms with Crippen LogP contribution in [-0.4, -0.2) is 49.5 Å². The van der Waals surface area contributed by atoms with Crippen molar-refractivity contribution in [1.82, 2.24) is 29.9 Å². The number of benzene rings is 1. The van der Waals surface area contributed by atoms with Gasteiger partial charge in [-0.2, -0.15) is 10.2 Å². The first-order valence-electron chi connectivity index (χ1n) is 9.67. The summed E-state index contributed by atoms with van der Waals surface area (Å²) in [5.41, 5.74) is 3.04. The number of hydrogen-bond donors (Lipinski definition) is 1. The molecule has 5 rings (SSSR count).